The summed E-state index contributed by atoms with van der Waals surface area (Å²) >= 11 is 10.7. The monoisotopic (exact) mass is 411 g/mol. The summed E-state index contributed by atoms with van der Waals surface area (Å²) in [6, 6.07) is 11.1. The number of benzene rings is 1. The van der Waals surface area contributed by atoms with Gasteiger partial charge in [-0.2, -0.15) is 0 Å². The van der Waals surface area contributed by atoms with E-state index in [1.807, 2.05) is 11.4 Å². The summed E-state index contributed by atoms with van der Waals surface area (Å²) in [5.74, 6) is 1.01. The average molecular weight is 412 g/mol. The molecule has 2 aromatic heterocycles. The second kappa shape index (κ2) is 8.66. The molecule has 25 heavy (non-hydrogen) atoms. The first-order valence-electron chi connectivity index (χ1n) is 7.32. The SMILES string of the molecule is CC(Oc1ccccc1Cl)C(=O)Nc1nnc(SCc2cccs2)s1. The van der Waals surface area contributed by atoms with Crippen molar-refractivity contribution in [2.24, 2.45) is 0 Å². The molecule has 0 spiro atoms. The molecular weight excluding hydrogens is 398 g/mol. The summed E-state index contributed by atoms with van der Waals surface area (Å²) in [6.07, 6.45) is -0.703. The van der Waals surface area contributed by atoms with E-state index in [-0.39, 0.29) is 5.91 Å². The molecule has 1 atom stereocenters. The lowest BCUT2D eigenvalue weighted by molar-refractivity contribution is -0.122. The number of rotatable bonds is 7. The molecule has 0 bridgehead atoms. The van der Waals surface area contributed by atoms with Gasteiger partial charge in [-0.3, -0.25) is 10.1 Å². The highest BCUT2D eigenvalue weighted by molar-refractivity contribution is 8.00. The Kier molecular flexibility index (Phi) is 6.30. The van der Waals surface area contributed by atoms with Crippen LogP contribution in [0.4, 0.5) is 5.13 Å². The molecular formula is C16H14ClN3O2S3. The third-order valence-electron chi connectivity index (χ3n) is 3.06. The van der Waals surface area contributed by atoms with Gasteiger partial charge < -0.3 is 4.74 Å². The number of nitrogens with zero attached hydrogens (tertiary/aromatic N) is 2. The lowest BCUT2D eigenvalue weighted by atomic mass is 10.3. The highest BCUT2D eigenvalue weighted by Crippen LogP contribution is 2.30. The fourth-order valence-electron chi connectivity index (χ4n) is 1.84. The normalized spacial score (nSPS) is 11.9. The van der Waals surface area contributed by atoms with Gasteiger partial charge in [-0.1, -0.05) is 52.9 Å². The molecule has 1 aromatic carbocycles. The Morgan fingerprint density at radius 2 is 2.16 bits per heavy atom. The van der Waals surface area contributed by atoms with E-state index < -0.39 is 6.10 Å². The maximum atomic E-state index is 12.2. The molecule has 1 unspecified atom stereocenters. The van der Waals surface area contributed by atoms with E-state index in [0.29, 0.717) is 15.9 Å². The number of thioether (sulfide) groups is 1. The van der Waals surface area contributed by atoms with Gasteiger partial charge in [0.1, 0.15) is 5.75 Å². The summed E-state index contributed by atoms with van der Waals surface area (Å²) in [7, 11) is 0. The van der Waals surface area contributed by atoms with Gasteiger partial charge in [-0.25, -0.2) is 0 Å². The molecule has 9 heteroatoms. The Morgan fingerprint density at radius 3 is 2.92 bits per heavy atom. The van der Waals surface area contributed by atoms with E-state index in [9.17, 15) is 4.79 Å². The van der Waals surface area contributed by atoms with Crippen LogP contribution in [0.25, 0.3) is 0 Å². The summed E-state index contributed by atoms with van der Waals surface area (Å²) in [4.78, 5) is 13.5. The summed E-state index contributed by atoms with van der Waals surface area (Å²) in [6.45, 7) is 1.66. The first-order chi connectivity index (χ1) is 12.1. The molecule has 1 N–H and O–H groups in total. The smallest absolute Gasteiger partial charge is 0.266 e. The van der Waals surface area contributed by atoms with Crippen molar-refractivity contribution in [1.82, 2.24) is 10.2 Å². The van der Waals surface area contributed by atoms with Crippen LogP contribution < -0.4 is 10.1 Å². The highest BCUT2D eigenvalue weighted by atomic mass is 35.5. The minimum atomic E-state index is -0.703. The number of hydrogen-bond acceptors (Lipinski definition) is 7. The Labute approximate surface area is 162 Å². The fraction of sp³-hybridized carbons (Fsp3) is 0.188. The maximum absolute atomic E-state index is 12.2. The minimum absolute atomic E-state index is 0.300. The number of hydrogen-bond donors (Lipinski definition) is 1. The predicted molar refractivity (Wildman–Crippen MR) is 104 cm³/mol. The standard InChI is InChI=1S/C16H14ClN3O2S3/c1-10(22-13-7-3-2-6-12(13)17)14(21)18-15-19-20-16(25-15)24-9-11-5-4-8-23-11/h2-8,10H,9H2,1H3,(H,18,19,21). The second-order valence-corrected chi connectivity index (χ2v) is 8.56. The number of halogens is 1. The number of amides is 1. The first-order valence-corrected chi connectivity index (χ1v) is 10.4. The average Bonchev–Trinajstić information content (AvgIpc) is 3.26. The van der Waals surface area contributed by atoms with Crippen molar-refractivity contribution < 1.29 is 9.53 Å². The molecule has 0 saturated heterocycles. The van der Waals surface area contributed by atoms with Gasteiger partial charge in [-0.15, -0.1) is 21.5 Å². The number of anilines is 1. The van der Waals surface area contributed by atoms with Crippen LogP contribution in [0.5, 0.6) is 5.75 Å². The molecule has 130 valence electrons. The zero-order valence-corrected chi connectivity index (χ0v) is 16.3. The first kappa shape index (κ1) is 18.2. The highest BCUT2D eigenvalue weighted by Gasteiger charge is 2.18. The number of nitrogens with one attached hydrogen (secondary N) is 1. The Morgan fingerprint density at radius 1 is 1.32 bits per heavy atom. The van der Waals surface area contributed by atoms with Gasteiger partial charge in [0.25, 0.3) is 5.91 Å². The second-order valence-electron chi connectivity index (χ2n) is 4.92. The van der Waals surface area contributed by atoms with E-state index in [0.717, 1.165) is 10.1 Å². The van der Waals surface area contributed by atoms with Gasteiger partial charge in [0.2, 0.25) is 5.13 Å². The lowest BCUT2D eigenvalue weighted by Crippen LogP contribution is -2.30. The van der Waals surface area contributed by atoms with Crippen molar-refractivity contribution >= 4 is 57.1 Å². The zero-order valence-electron chi connectivity index (χ0n) is 13.1. The molecule has 2 heterocycles. The third-order valence-corrected chi connectivity index (χ3v) is 6.46. The van der Waals surface area contributed by atoms with Crippen molar-refractivity contribution in [3.8, 4) is 5.75 Å². The summed E-state index contributed by atoms with van der Waals surface area (Å²) < 4.78 is 6.40. The number of carbonyl (C=O) groups is 1. The van der Waals surface area contributed by atoms with E-state index in [2.05, 4.69) is 21.6 Å². The van der Waals surface area contributed by atoms with Crippen molar-refractivity contribution in [3.63, 3.8) is 0 Å². The van der Waals surface area contributed by atoms with Crippen LogP contribution >= 0.6 is 46.0 Å². The third kappa shape index (κ3) is 5.18. The van der Waals surface area contributed by atoms with Crippen LogP contribution in [-0.2, 0) is 10.5 Å². The van der Waals surface area contributed by atoms with Crippen LogP contribution in [0, 0.1) is 0 Å². The van der Waals surface area contributed by atoms with Crippen LogP contribution in [0.15, 0.2) is 46.1 Å². The topological polar surface area (TPSA) is 64.1 Å². The maximum Gasteiger partial charge on any atom is 0.266 e. The quantitative estimate of drug-likeness (QED) is 0.440. The van der Waals surface area contributed by atoms with Crippen molar-refractivity contribution in [1.29, 1.82) is 0 Å². The van der Waals surface area contributed by atoms with E-state index in [1.54, 1.807) is 54.3 Å². The van der Waals surface area contributed by atoms with Crippen LogP contribution in [0.3, 0.4) is 0 Å². The Bertz CT molecular complexity index is 839. The van der Waals surface area contributed by atoms with Gasteiger partial charge in [0.05, 0.1) is 5.02 Å². The van der Waals surface area contributed by atoms with Crippen molar-refractivity contribution in [3.05, 3.63) is 51.7 Å². The fourth-order valence-corrected chi connectivity index (χ4v) is 4.55. The Hall–Kier alpha value is -1.61. The van der Waals surface area contributed by atoms with Gasteiger partial charge in [0.15, 0.2) is 10.4 Å². The minimum Gasteiger partial charge on any atom is -0.479 e. The zero-order chi connectivity index (χ0) is 17.6. The van der Waals surface area contributed by atoms with Crippen molar-refractivity contribution in [2.45, 2.75) is 23.1 Å². The summed E-state index contributed by atoms with van der Waals surface area (Å²) in [5, 5.41) is 13.8. The largest absolute Gasteiger partial charge is 0.479 e. The van der Waals surface area contributed by atoms with Crippen molar-refractivity contribution in [2.75, 3.05) is 5.32 Å². The van der Waals surface area contributed by atoms with Crippen LogP contribution in [0.2, 0.25) is 5.02 Å². The molecule has 3 rings (SSSR count). The number of para-hydroxylation sites is 1. The molecule has 1 amide bonds. The number of ether oxygens (including phenoxy) is 1. The van der Waals surface area contributed by atoms with Gasteiger partial charge in [0, 0.05) is 10.6 Å². The lowest BCUT2D eigenvalue weighted by Gasteiger charge is -2.14. The van der Waals surface area contributed by atoms with Gasteiger partial charge in [-0.05, 0) is 30.5 Å². The molecule has 0 aliphatic heterocycles. The number of carbonyl (C=O) groups excluding carboxylic acids is 1. The molecule has 0 aliphatic carbocycles. The summed E-state index contributed by atoms with van der Waals surface area (Å²) in [5.41, 5.74) is 0. The molecule has 0 saturated carbocycles. The molecule has 0 aliphatic rings. The predicted octanol–water partition coefficient (Wildman–Crippen LogP) is 4.95. The Balaban J connectivity index is 1.53. The number of thiophene rings is 1. The van der Waals surface area contributed by atoms with Crippen LogP contribution in [0.1, 0.15) is 11.8 Å². The molecule has 0 radical (unpaired) electrons. The van der Waals surface area contributed by atoms with E-state index in [1.165, 1.54) is 16.2 Å². The molecule has 5 nitrogen and oxygen atoms in total. The van der Waals surface area contributed by atoms with E-state index in [4.69, 9.17) is 16.3 Å². The van der Waals surface area contributed by atoms with E-state index >= 15 is 0 Å². The number of aromatic nitrogens is 2. The van der Waals surface area contributed by atoms with Crippen LogP contribution in [-0.4, -0.2) is 22.2 Å². The van der Waals surface area contributed by atoms with Gasteiger partial charge >= 0.3 is 0 Å². The molecule has 3 aromatic rings. The molecule has 0 fully saturated rings.